The monoisotopic (exact) mass is 269 g/mol. The van der Waals surface area contributed by atoms with Crippen molar-refractivity contribution in [3.05, 3.63) is 12.2 Å². The van der Waals surface area contributed by atoms with Crippen molar-refractivity contribution < 1.29 is 5.11 Å². The first-order valence-corrected chi connectivity index (χ1v) is 7.87. The maximum atomic E-state index is 10.3. The van der Waals surface area contributed by atoms with Crippen molar-refractivity contribution in [3.8, 4) is 0 Å². The zero-order valence-corrected chi connectivity index (χ0v) is 11.8. The maximum absolute atomic E-state index is 10.3. The second-order valence-corrected chi connectivity index (χ2v) is 6.11. The summed E-state index contributed by atoms with van der Waals surface area (Å²) in [5, 5.41) is 16.9. The molecular weight excluding hydrogens is 246 g/mol. The highest BCUT2D eigenvalue weighted by Crippen LogP contribution is 2.27. The van der Waals surface area contributed by atoms with E-state index in [1.54, 1.807) is 0 Å². The van der Waals surface area contributed by atoms with Gasteiger partial charge in [0.2, 0.25) is 0 Å². The number of aliphatic imine (C=N–C) groups is 1. The highest BCUT2D eigenvalue weighted by atomic mass is 32.2. The van der Waals surface area contributed by atoms with Gasteiger partial charge in [-0.1, -0.05) is 12.2 Å². The first kappa shape index (κ1) is 13.7. The third-order valence-corrected chi connectivity index (χ3v) is 4.54. The van der Waals surface area contributed by atoms with E-state index in [2.05, 4.69) is 34.7 Å². The van der Waals surface area contributed by atoms with Gasteiger partial charge in [0, 0.05) is 18.3 Å². The fraction of sp³-hybridized carbons (Fsp3) is 0.769. The number of guanidine groups is 1. The Bertz CT molecular complexity index is 316. The summed E-state index contributed by atoms with van der Waals surface area (Å²) < 4.78 is 0. The van der Waals surface area contributed by atoms with Crippen LogP contribution in [0.3, 0.4) is 0 Å². The van der Waals surface area contributed by atoms with E-state index in [4.69, 9.17) is 0 Å². The Morgan fingerprint density at radius 1 is 1.50 bits per heavy atom. The van der Waals surface area contributed by atoms with Gasteiger partial charge in [0.25, 0.3) is 0 Å². The molecule has 2 aliphatic rings. The van der Waals surface area contributed by atoms with Crippen molar-refractivity contribution >= 4 is 17.7 Å². The molecule has 0 spiro atoms. The van der Waals surface area contributed by atoms with Gasteiger partial charge in [-0.15, -0.1) is 0 Å². The summed E-state index contributed by atoms with van der Waals surface area (Å²) >= 11 is 1.81. The molecule has 2 rings (SSSR count). The molecule has 4 nitrogen and oxygen atoms in total. The van der Waals surface area contributed by atoms with E-state index in [0.717, 1.165) is 43.3 Å². The first-order valence-electron chi connectivity index (χ1n) is 6.72. The smallest absolute Gasteiger partial charge is 0.191 e. The summed E-state index contributed by atoms with van der Waals surface area (Å²) in [6.45, 7) is 3.40. The fourth-order valence-corrected chi connectivity index (χ4v) is 3.48. The molecule has 0 bridgehead atoms. The predicted molar refractivity (Wildman–Crippen MR) is 78.2 cm³/mol. The van der Waals surface area contributed by atoms with Crippen molar-refractivity contribution in [2.75, 3.05) is 24.6 Å². The molecule has 3 N–H and O–H groups in total. The molecule has 0 amide bonds. The van der Waals surface area contributed by atoms with Gasteiger partial charge in [-0.2, -0.15) is 11.8 Å². The number of nitrogens with one attached hydrogen (secondary N) is 2. The van der Waals surface area contributed by atoms with Crippen LogP contribution in [0.15, 0.2) is 17.1 Å². The molecule has 0 aromatic rings. The summed E-state index contributed by atoms with van der Waals surface area (Å²) in [7, 11) is 0. The average Bonchev–Trinajstić information content (AvgIpc) is 2.99. The minimum absolute atomic E-state index is 0.454. The number of nitrogens with zero attached hydrogens (tertiary/aromatic N) is 1. The summed E-state index contributed by atoms with van der Waals surface area (Å²) in [6.07, 6.45) is 7.37. The number of thioether (sulfide) groups is 1. The van der Waals surface area contributed by atoms with Crippen LogP contribution in [0.1, 0.15) is 26.2 Å². The van der Waals surface area contributed by atoms with E-state index in [9.17, 15) is 5.11 Å². The van der Waals surface area contributed by atoms with Gasteiger partial charge in [0.05, 0.1) is 12.1 Å². The zero-order valence-electron chi connectivity index (χ0n) is 11.0. The molecule has 1 heterocycles. The molecule has 18 heavy (non-hydrogen) atoms. The molecule has 1 unspecified atom stereocenters. The minimum Gasteiger partial charge on any atom is -0.387 e. The Labute approximate surface area is 113 Å². The van der Waals surface area contributed by atoms with Gasteiger partial charge in [-0.25, -0.2) is 0 Å². The molecule has 102 valence electrons. The molecule has 1 saturated heterocycles. The summed E-state index contributed by atoms with van der Waals surface area (Å²) in [5.41, 5.74) is -0.596. The second-order valence-electron chi connectivity index (χ2n) is 5.01. The zero-order chi connectivity index (χ0) is 12.8. The van der Waals surface area contributed by atoms with E-state index in [-0.39, 0.29) is 0 Å². The van der Waals surface area contributed by atoms with Crippen LogP contribution in [0.25, 0.3) is 0 Å². The Morgan fingerprint density at radius 3 is 2.89 bits per heavy atom. The fourth-order valence-electron chi connectivity index (χ4n) is 2.20. The van der Waals surface area contributed by atoms with E-state index in [1.165, 1.54) is 0 Å². The lowest BCUT2D eigenvalue weighted by atomic mass is 10.1. The van der Waals surface area contributed by atoms with Crippen LogP contribution in [-0.2, 0) is 0 Å². The molecule has 1 atom stereocenters. The Balaban J connectivity index is 1.86. The van der Waals surface area contributed by atoms with Crippen molar-refractivity contribution in [2.45, 2.75) is 37.8 Å². The maximum Gasteiger partial charge on any atom is 0.191 e. The summed E-state index contributed by atoms with van der Waals surface area (Å²) in [5.74, 6) is 2.68. The molecule has 0 aromatic heterocycles. The number of hydrogen-bond acceptors (Lipinski definition) is 3. The number of rotatable bonds is 4. The van der Waals surface area contributed by atoms with Gasteiger partial charge < -0.3 is 15.7 Å². The molecule has 5 heteroatoms. The van der Waals surface area contributed by atoms with E-state index in [1.807, 2.05) is 11.8 Å². The van der Waals surface area contributed by atoms with E-state index >= 15 is 0 Å². The lowest BCUT2D eigenvalue weighted by Gasteiger charge is -2.21. The predicted octanol–water partition coefficient (Wildman–Crippen LogP) is 1.13. The van der Waals surface area contributed by atoms with Crippen molar-refractivity contribution in [1.29, 1.82) is 0 Å². The third kappa shape index (κ3) is 3.92. The van der Waals surface area contributed by atoms with Crippen LogP contribution >= 0.6 is 11.8 Å². The molecule has 1 fully saturated rings. The van der Waals surface area contributed by atoms with Gasteiger partial charge in [0.15, 0.2) is 5.96 Å². The number of hydrogen-bond donors (Lipinski definition) is 3. The minimum atomic E-state index is -0.596. The molecule has 0 radical (unpaired) electrons. The van der Waals surface area contributed by atoms with Gasteiger partial charge >= 0.3 is 0 Å². The standard InChI is InChI=1S/C13H23N3OS/c1-2-14-12(16-11-5-3-4-6-11)15-9-13(17)7-8-18-10-13/h3-4,11,17H,2,5-10H2,1H3,(H2,14,15,16). The quantitative estimate of drug-likeness (QED) is 0.407. The Morgan fingerprint density at radius 2 is 2.28 bits per heavy atom. The average molecular weight is 269 g/mol. The topological polar surface area (TPSA) is 56.7 Å². The molecule has 0 saturated carbocycles. The Kier molecular flexibility index (Phi) is 4.95. The highest BCUT2D eigenvalue weighted by molar-refractivity contribution is 7.99. The lowest BCUT2D eigenvalue weighted by Crippen LogP contribution is -2.44. The first-order chi connectivity index (χ1) is 8.72. The molecule has 1 aliphatic heterocycles. The SMILES string of the molecule is CCNC(=NCC1(O)CCSC1)NC1CC=CC1. The van der Waals surface area contributed by atoms with Crippen LogP contribution in [0, 0.1) is 0 Å². The van der Waals surface area contributed by atoms with Crippen molar-refractivity contribution in [2.24, 2.45) is 4.99 Å². The molecule has 0 aromatic carbocycles. The Hall–Kier alpha value is -0.680. The van der Waals surface area contributed by atoms with Crippen LogP contribution in [0.5, 0.6) is 0 Å². The van der Waals surface area contributed by atoms with Gasteiger partial charge in [0.1, 0.15) is 0 Å². The lowest BCUT2D eigenvalue weighted by molar-refractivity contribution is 0.0778. The van der Waals surface area contributed by atoms with Gasteiger partial charge in [-0.3, -0.25) is 4.99 Å². The summed E-state index contributed by atoms with van der Waals surface area (Å²) in [4.78, 5) is 4.53. The van der Waals surface area contributed by atoms with Crippen molar-refractivity contribution in [1.82, 2.24) is 10.6 Å². The van der Waals surface area contributed by atoms with Crippen LogP contribution in [0.2, 0.25) is 0 Å². The largest absolute Gasteiger partial charge is 0.387 e. The third-order valence-electron chi connectivity index (χ3n) is 3.31. The van der Waals surface area contributed by atoms with Gasteiger partial charge in [-0.05, 0) is 31.9 Å². The number of aliphatic hydroxyl groups is 1. The van der Waals surface area contributed by atoms with Crippen LogP contribution < -0.4 is 10.6 Å². The van der Waals surface area contributed by atoms with Crippen LogP contribution in [-0.4, -0.2) is 47.3 Å². The normalized spacial score (nSPS) is 28.9. The molecular formula is C13H23N3OS. The van der Waals surface area contributed by atoms with Crippen molar-refractivity contribution in [3.63, 3.8) is 0 Å². The highest BCUT2D eigenvalue weighted by Gasteiger charge is 2.31. The van der Waals surface area contributed by atoms with E-state index < -0.39 is 5.60 Å². The summed E-state index contributed by atoms with van der Waals surface area (Å²) in [6, 6.07) is 0.454. The van der Waals surface area contributed by atoms with Crippen LogP contribution in [0.4, 0.5) is 0 Å². The second kappa shape index (κ2) is 6.48. The molecule has 1 aliphatic carbocycles. The van der Waals surface area contributed by atoms with E-state index in [0.29, 0.717) is 12.6 Å².